The van der Waals surface area contributed by atoms with Crippen molar-refractivity contribution in [3.05, 3.63) is 29.3 Å². The molecule has 24 heavy (non-hydrogen) atoms. The summed E-state index contributed by atoms with van der Waals surface area (Å²) in [4.78, 5) is 36.4. The maximum atomic E-state index is 12.4. The average Bonchev–Trinajstić information content (AvgIpc) is 2.84. The molecule has 0 unspecified atom stereocenters. The predicted molar refractivity (Wildman–Crippen MR) is 100 cm³/mol. The van der Waals surface area contributed by atoms with Crippen LogP contribution in [-0.2, 0) is 14.4 Å². The molecule has 0 radical (unpaired) electrons. The number of Topliss-reactive ketones (excluding diaryl/α,β-unsaturated/α-hetero) is 1. The molecule has 0 aliphatic carbocycles. The van der Waals surface area contributed by atoms with Crippen molar-refractivity contribution in [2.24, 2.45) is 0 Å². The minimum Gasteiger partial charge on any atom is -0.319 e. The number of hydrogen-bond acceptors (Lipinski definition) is 5. The normalized spacial score (nSPS) is 17.3. The smallest absolute Gasteiger partial charge is 0.293 e. The minimum atomic E-state index is -1.11. The summed E-state index contributed by atoms with van der Waals surface area (Å²) in [6.07, 6.45) is 0. The first-order valence-corrected chi connectivity index (χ1v) is 9.00. The first-order chi connectivity index (χ1) is 11.2. The Balaban J connectivity index is 2.30. The van der Waals surface area contributed by atoms with Gasteiger partial charge in [0.1, 0.15) is 4.32 Å². The summed E-state index contributed by atoms with van der Waals surface area (Å²) in [6, 6.07) is 5.81. The summed E-state index contributed by atoms with van der Waals surface area (Å²) in [5, 5.41) is 4.00. The maximum Gasteiger partial charge on any atom is 0.293 e. The van der Waals surface area contributed by atoms with Gasteiger partial charge < -0.3 is 10.6 Å². The van der Waals surface area contributed by atoms with Crippen molar-refractivity contribution in [1.29, 1.82) is 0 Å². The SMILES string of the molecule is CC(C)c1cccc(C(C)C)c1NC(=O)C(=O)[C@@H]1SC(=S)NC1=O. The number of thioether (sulfide) groups is 1. The van der Waals surface area contributed by atoms with Gasteiger partial charge in [-0.05, 0) is 23.0 Å². The van der Waals surface area contributed by atoms with Gasteiger partial charge in [0, 0.05) is 5.69 Å². The Kier molecular flexibility index (Phi) is 5.77. The number of ketones is 1. The summed E-state index contributed by atoms with van der Waals surface area (Å²) < 4.78 is 0.219. The van der Waals surface area contributed by atoms with Crippen LogP contribution in [0.15, 0.2) is 18.2 Å². The molecule has 0 spiro atoms. The lowest BCUT2D eigenvalue weighted by Crippen LogP contribution is -2.37. The fraction of sp³-hybridized carbons (Fsp3) is 0.412. The zero-order valence-electron chi connectivity index (χ0n) is 14.0. The third-order valence-electron chi connectivity index (χ3n) is 3.76. The minimum absolute atomic E-state index is 0.186. The fourth-order valence-electron chi connectivity index (χ4n) is 2.52. The molecule has 0 aromatic heterocycles. The van der Waals surface area contributed by atoms with Gasteiger partial charge in [0.15, 0.2) is 5.25 Å². The van der Waals surface area contributed by atoms with Crippen molar-refractivity contribution in [1.82, 2.24) is 5.32 Å². The van der Waals surface area contributed by atoms with Crippen LogP contribution in [0.25, 0.3) is 0 Å². The van der Waals surface area contributed by atoms with Crippen molar-refractivity contribution < 1.29 is 14.4 Å². The van der Waals surface area contributed by atoms with Crippen molar-refractivity contribution in [3.63, 3.8) is 0 Å². The Morgan fingerprint density at radius 3 is 2.12 bits per heavy atom. The van der Waals surface area contributed by atoms with E-state index in [4.69, 9.17) is 12.2 Å². The van der Waals surface area contributed by atoms with Gasteiger partial charge >= 0.3 is 0 Å². The molecule has 1 atom stereocenters. The van der Waals surface area contributed by atoms with Crippen LogP contribution in [0, 0.1) is 0 Å². The standard InChI is InChI=1S/C17H20N2O3S2/c1-8(2)10-6-5-7-11(9(3)4)12(10)18-15(21)13(20)14-16(22)19-17(23)24-14/h5-9,14H,1-4H3,(H,18,21)(H,19,22,23)/t14-/m0/s1. The Morgan fingerprint density at radius 2 is 1.71 bits per heavy atom. The summed E-state index contributed by atoms with van der Waals surface area (Å²) in [5.41, 5.74) is 2.58. The number of nitrogens with one attached hydrogen (secondary N) is 2. The van der Waals surface area contributed by atoms with Gasteiger partial charge in [-0.2, -0.15) is 0 Å². The number of carbonyl (C=O) groups excluding carboxylic acids is 3. The molecule has 1 aromatic carbocycles. The number of para-hydroxylation sites is 1. The summed E-state index contributed by atoms with van der Waals surface area (Å²) in [6.45, 7) is 8.09. The molecule has 1 aliphatic rings. The van der Waals surface area contributed by atoms with Crippen LogP contribution in [0.3, 0.4) is 0 Å². The molecule has 2 amide bonds. The molecule has 5 nitrogen and oxygen atoms in total. The second-order valence-corrected chi connectivity index (χ2v) is 8.00. The lowest BCUT2D eigenvalue weighted by atomic mass is 9.92. The van der Waals surface area contributed by atoms with E-state index < -0.39 is 22.8 Å². The highest BCUT2D eigenvalue weighted by Gasteiger charge is 2.39. The fourth-order valence-corrected chi connectivity index (χ4v) is 3.66. The Morgan fingerprint density at radius 1 is 1.17 bits per heavy atom. The van der Waals surface area contributed by atoms with Crippen LogP contribution < -0.4 is 10.6 Å². The lowest BCUT2D eigenvalue weighted by molar-refractivity contribution is -0.136. The number of hydrogen-bond donors (Lipinski definition) is 2. The molecule has 1 aromatic rings. The Bertz CT molecular complexity index is 688. The third kappa shape index (κ3) is 3.84. The highest BCUT2D eigenvalue weighted by atomic mass is 32.2. The number of carbonyl (C=O) groups is 3. The number of benzene rings is 1. The predicted octanol–water partition coefficient (Wildman–Crippen LogP) is 2.96. The Hall–Kier alpha value is -1.73. The second kappa shape index (κ2) is 7.44. The van der Waals surface area contributed by atoms with Crippen molar-refractivity contribution >= 4 is 51.6 Å². The lowest BCUT2D eigenvalue weighted by Gasteiger charge is -2.20. The molecule has 2 rings (SSSR count). The van der Waals surface area contributed by atoms with Gasteiger partial charge in [-0.25, -0.2) is 0 Å². The summed E-state index contributed by atoms with van der Waals surface area (Å²) in [5.74, 6) is -1.74. The maximum absolute atomic E-state index is 12.4. The van der Waals surface area contributed by atoms with Crippen LogP contribution in [-0.4, -0.2) is 27.2 Å². The highest BCUT2D eigenvalue weighted by molar-refractivity contribution is 8.25. The van der Waals surface area contributed by atoms with E-state index in [0.717, 1.165) is 22.9 Å². The molecule has 1 saturated heterocycles. The van der Waals surface area contributed by atoms with Gasteiger partial charge in [0.2, 0.25) is 11.7 Å². The molecule has 1 aliphatic heterocycles. The highest BCUT2D eigenvalue weighted by Crippen LogP contribution is 2.32. The van der Waals surface area contributed by atoms with E-state index in [1.165, 1.54) is 0 Å². The monoisotopic (exact) mass is 364 g/mol. The zero-order valence-corrected chi connectivity index (χ0v) is 15.6. The van der Waals surface area contributed by atoms with Crippen molar-refractivity contribution in [2.45, 2.75) is 44.8 Å². The summed E-state index contributed by atoms with van der Waals surface area (Å²) in [7, 11) is 0. The molecule has 1 heterocycles. The van der Waals surface area contributed by atoms with E-state index in [-0.39, 0.29) is 16.2 Å². The van der Waals surface area contributed by atoms with Crippen molar-refractivity contribution in [2.75, 3.05) is 5.32 Å². The molecular formula is C17H20N2O3S2. The largest absolute Gasteiger partial charge is 0.319 e. The first-order valence-electron chi connectivity index (χ1n) is 7.71. The molecule has 1 fully saturated rings. The van der Waals surface area contributed by atoms with Crippen molar-refractivity contribution in [3.8, 4) is 0 Å². The van der Waals surface area contributed by atoms with Gasteiger partial charge in [-0.3, -0.25) is 14.4 Å². The molecule has 128 valence electrons. The summed E-state index contributed by atoms with van der Waals surface area (Å²) >= 11 is 5.77. The van der Waals surface area contributed by atoms with Gasteiger partial charge in [-0.1, -0.05) is 69.9 Å². The van der Waals surface area contributed by atoms with Crippen LogP contribution >= 0.6 is 24.0 Å². The first kappa shape index (κ1) is 18.6. The van der Waals surface area contributed by atoms with Crippen LogP contribution in [0.4, 0.5) is 5.69 Å². The molecule has 0 bridgehead atoms. The van der Waals surface area contributed by atoms with Gasteiger partial charge in [0.05, 0.1) is 0 Å². The quantitative estimate of drug-likeness (QED) is 0.477. The van der Waals surface area contributed by atoms with Crippen LogP contribution in [0.5, 0.6) is 0 Å². The second-order valence-electron chi connectivity index (χ2n) is 6.21. The number of amides is 2. The number of anilines is 1. The average molecular weight is 364 g/mol. The number of rotatable bonds is 5. The molecule has 7 heteroatoms. The number of thiocarbonyl (C=S) groups is 1. The molecule has 2 N–H and O–H groups in total. The van der Waals surface area contributed by atoms with E-state index in [2.05, 4.69) is 10.6 Å². The topological polar surface area (TPSA) is 75.3 Å². The van der Waals surface area contributed by atoms with Gasteiger partial charge in [0.25, 0.3) is 5.91 Å². The van der Waals surface area contributed by atoms with E-state index in [1.807, 2.05) is 45.9 Å². The zero-order chi connectivity index (χ0) is 18.0. The third-order valence-corrected chi connectivity index (χ3v) is 5.13. The van der Waals surface area contributed by atoms with Gasteiger partial charge in [-0.15, -0.1) is 0 Å². The Labute approximate surface area is 151 Å². The van der Waals surface area contributed by atoms with E-state index in [1.54, 1.807) is 0 Å². The van der Waals surface area contributed by atoms with E-state index >= 15 is 0 Å². The molecular weight excluding hydrogens is 344 g/mol. The van der Waals surface area contributed by atoms with E-state index in [0.29, 0.717) is 5.69 Å². The van der Waals surface area contributed by atoms with Crippen LogP contribution in [0.1, 0.15) is 50.7 Å². The molecule has 0 saturated carbocycles. The van der Waals surface area contributed by atoms with E-state index in [9.17, 15) is 14.4 Å². The van der Waals surface area contributed by atoms with Crippen LogP contribution in [0.2, 0.25) is 0 Å².